The van der Waals surface area contributed by atoms with Gasteiger partial charge in [0, 0.05) is 18.7 Å². The summed E-state index contributed by atoms with van der Waals surface area (Å²) in [6.07, 6.45) is 5.97. The molecule has 1 heterocycles. The van der Waals surface area contributed by atoms with Crippen LogP contribution >= 0.6 is 0 Å². The number of carbonyl (C=O) groups is 1. The molecule has 0 atom stereocenters. The van der Waals surface area contributed by atoms with E-state index in [1.165, 1.54) is 7.11 Å². The highest BCUT2D eigenvalue weighted by Gasteiger charge is 2.20. The SMILES string of the molecule is C=CCNC(=O)c1ccc(N)c(C(=N)/C=C/c2ccc3c(c2)CCO3)c1OC. The minimum absolute atomic E-state index is 0.157. The number of carbonyl (C=O) groups excluding carboxylic acids is 1. The molecule has 0 unspecified atom stereocenters. The van der Waals surface area contributed by atoms with Gasteiger partial charge in [-0.2, -0.15) is 0 Å². The molecule has 6 heteroatoms. The number of nitrogens with two attached hydrogens (primary N) is 1. The number of amides is 1. The zero-order valence-corrected chi connectivity index (χ0v) is 15.7. The topological polar surface area (TPSA) is 97.4 Å². The number of allylic oxidation sites excluding steroid dienone is 1. The third kappa shape index (κ3) is 3.91. The third-order valence-corrected chi connectivity index (χ3v) is 4.47. The molecule has 0 aromatic heterocycles. The van der Waals surface area contributed by atoms with Gasteiger partial charge in [0.2, 0.25) is 0 Å². The van der Waals surface area contributed by atoms with E-state index >= 15 is 0 Å². The number of methoxy groups -OCH3 is 1. The van der Waals surface area contributed by atoms with Crippen molar-refractivity contribution < 1.29 is 14.3 Å². The van der Waals surface area contributed by atoms with Crippen molar-refractivity contribution in [3.8, 4) is 11.5 Å². The van der Waals surface area contributed by atoms with Crippen molar-refractivity contribution in [1.82, 2.24) is 5.32 Å². The molecule has 6 nitrogen and oxygen atoms in total. The minimum atomic E-state index is -0.312. The van der Waals surface area contributed by atoms with Crippen molar-refractivity contribution in [1.29, 1.82) is 5.41 Å². The van der Waals surface area contributed by atoms with Crippen molar-refractivity contribution >= 4 is 23.4 Å². The highest BCUT2D eigenvalue weighted by atomic mass is 16.5. The lowest BCUT2D eigenvalue weighted by atomic mass is 10.0. The van der Waals surface area contributed by atoms with Crippen molar-refractivity contribution in [3.05, 3.63) is 71.3 Å². The maximum absolute atomic E-state index is 12.4. The Morgan fingerprint density at radius 1 is 1.39 bits per heavy atom. The normalized spacial score (nSPS) is 12.3. The molecule has 0 radical (unpaired) electrons. The molecule has 0 saturated carbocycles. The Labute approximate surface area is 164 Å². The van der Waals surface area contributed by atoms with E-state index in [1.54, 1.807) is 24.3 Å². The minimum Gasteiger partial charge on any atom is -0.495 e. The zero-order chi connectivity index (χ0) is 20.1. The predicted molar refractivity (Wildman–Crippen MR) is 111 cm³/mol. The largest absolute Gasteiger partial charge is 0.495 e. The summed E-state index contributed by atoms with van der Waals surface area (Å²) in [6.45, 7) is 4.62. The Hall–Kier alpha value is -3.54. The lowest BCUT2D eigenvalue weighted by Gasteiger charge is -2.15. The molecule has 0 spiro atoms. The summed E-state index contributed by atoms with van der Waals surface area (Å²) in [5, 5.41) is 11.2. The number of anilines is 1. The van der Waals surface area contributed by atoms with Crippen LogP contribution < -0.4 is 20.5 Å². The summed E-state index contributed by atoms with van der Waals surface area (Å²) in [7, 11) is 1.46. The first-order chi connectivity index (χ1) is 13.5. The molecule has 3 rings (SSSR count). The number of nitrogen functional groups attached to an aromatic ring is 1. The fraction of sp³-hybridized carbons (Fsp3) is 0.182. The van der Waals surface area contributed by atoms with E-state index in [2.05, 4.69) is 11.9 Å². The Bertz CT molecular complexity index is 964. The number of fused-ring (bicyclic) bond motifs is 1. The van der Waals surface area contributed by atoms with Crippen molar-refractivity contribution in [2.75, 3.05) is 26.0 Å². The van der Waals surface area contributed by atoms with Gasteiger partial charge in [-0.1, -0.05) is 18.2 Å². The molecule has 1 aliphatic rings. The van der Waals surface area contributed by atoms with Crippen LogP contribution in [-0.2, 0) is 6.42 Å². The molecule has 0 bridgehead atoms. The standard InChI is InChI=1S/C22H23N3O3/c1-3-11-25-22(26)16-6-8-18(24)20(21(16)27-2)17(23)7-4-14-5-9-19-15(13-14)10-12-28-19/h3-9,13,23H,1,10-12,24H2,2H3,(H,25,26)/b7-4+,23-17?. The van der Waals surface area contributed by atoms with Gasteiger partial charge in [-0.3, -0.25) is 4.79 Å². The van der Waals surface area contributed by atoms with Crippen LogP contribution in [0.4, 0.5) is 5.69 Å². The molecular weight excluding hydrogens is 354 g/mol. The van der Waals surface area contributed by atoms with Gasteiger partial charge in [0.15, 0.2) is 0 Å². The van der Waals surface area contributed by atoms with Gasteiger partial charge in [0.1, 0.15) is 11.5 Å². The third-order valence-electron chi connectivity index (χ3n) is 4.47. The van der Waals surface area contributed by atoms with Gasteiger partial charge >= 0.3 is 0 Å². The monoisotopic (exact) mass is 377 g/mol. The molecule has 0 aliphatic carbocycles. The van der Waals surface area contributed by atoms with Gasteiger partial charge in [0.25, 0.3) is 5.91 Å². The van der Waals surface area contributed by atoms with Gasteiger partial charge in [-0.25, -0.2) is 0 Å². The maximum Gasteiger partial charge on any atom is 0.255 e. The number of hydrogen-bond acceptors (Lipinski definition) is 5. The Morgan fingerprint density at radius 3 is 2.96 bits per heavy atom. The first kappa shape index (κ1) is 19.2. The first-order valence-corrected chi connectivity index (χ1v) is 8.93. The number of benzene rings is 2. The van der Waals surface area contributed by atoms with Gasteiger partial charge < -0.3 is 25.9 Å². The van der Waals surface area contributed by atoms with E-state index in [0.29, 0.717) is 30.0 Å². The summed E-state index contributed by atoms with van der Waals surface area (Å²) in [5.74, 6) is 0.878. The molecular formula is C22H23N3O3. The van der Waals surface area contributed by atoms with Crippen LogP contribution in [0.1, 0.15) is 27.0 Å². The Balaban J connectivity index is 1.90. The van der Waals surface area contributed by atoms with Crippen molar-refractivity contribution in [2.45, 2.75) is 6.42 Å². The van der Waals surface area contributed by atoms with E-state index in [4.69, 9.17) is 20.6 Å². The number of ether oxygens (including phenoxy) is 2. The molecule has 2 aromatic carbocycles. The summed E-state index contributed by atoms with van der Waals surface area (Å²) in [6, 6.07) is 9.12. The second kappa shape index (κ2) is 8.43. The van der Waals surface area contributed by atoms with Crippen LogP contribution in [0, 0.1) is 5.41 Å². The molecule has 28 heavy (non-hydrogen) atoms. The van der Waals surface area contributed by atoms with Crippen LogP contribution in [0.5, 0.6) is 11.5 Å². The zero-order valence-electron chi connectivity index (χ0n) is 15.7. The van der Waals surface area contributed by atoms with Crippen LogP contribution in [0.2, 0.25) is 0 Å². The first-order valence-electron chi connectivity index (χ1n) is 8.93. The fourth-order valence-corrected chi connectivity index (χ4v) is 3.10. The highest BCUT2D eigenvalue weighted by Crippen LogP contribution is 2.30. The van der Waals surface area contributed by atoms with E-state index < -0.39 is 0 Å². The quantitative estimate of drug-likeness (QED) is 0.392. The smallest absolute Gasteiger partial charge is 0.255 e. The maximum atomic E-state index is 12.4. The van der Waals surface area contributed by atoms with Crippen molar-refractivity contribution in [2.24, 2.45) is 0 Å². The van der Waals surface area contributed by atoms with Crippen LogP contribution in [0.3, 0.4) is 0 Å². The lowest BCUT2D eigenvalue weighted by Crippen LogP contribution is -2.24. The van der Waals surface area contributed by atoms with Crippen LogP contribution in [0.15, 0.2) is 49.1 Å². The lowest BCUT2D eigenvalue weighted by molar-refractivity contribution is 0.0955. The van der Waals surface area contributed by atoms with Gasteiger partial charge in [0.05, 0.1) is 30.6 Å². The molecule has 1 amide bonds. The molecule has 1 aliphatic heterocycles. The Morgan fingerprint density at radius 2 is 2.21 bits per heavy atom. The summed E-state index contributed by atoms with van der Waals surface area (Å²) < 4.78 is 10.9. The molecule has 0 saturated heterocycles. The van der Waals surface area contributed by atoms with Crippen LogP contribution in [0.25, 0.3) is 6.08 Å². The Kier molecular flexibility index (Phi) is 5.79. The fourth-order valence-electron chi connectivity index (χ4n) is 3.10. The predicted octanol–water partition coefficient (Wildman–Crippen LogP) is 3.21. The average Bonchev–Trinajstić information content (AvgIpc) is 3.17. The van der Waals surface area contributed by atoms with Gasteiger partial charge in [-0.15, -0.1) is 6.58 Å². The highest BCUT2D eigenvalue weighted by molar-refractivity contribution is 6.15. The van der Waals surface area contributed by atoms with Gasteiger partial charge in [-0.05, 0) is 41.5 Å². The van der Waals surface area contributed by atoms with E-state index in [1.807, 2.05) is 24.3 Å². The number of hydrogen-bond donors (Lipinski definition) is 3. The van der Waals surface area contributed by atoms with Crippen LogP contribution in [-0.4, -0.2) is 31.9 Å². The molecule has 144 valence electrons. The summed E-state index contributed by atoms with van der Waals surface area (Å²) in [4.78, 5) is 12.4. The summed E-state index contributed by atoms with van der Waals surface area (Å²) in [5.41, 5.74) is 9.44. The number of rotatable bonds is 7. The molecule has 4 N–H and O–H groups in total. The summed E-state index contributed by atoms with van der Waals surface area (Å²) >= 11 is 0. The second-order valence-corrected chi connectivity index (χ2v) is 6.32. The number of nitrogens with one attached hydrogen (secondary N) is 2. The molecule has 0 fully saturated rings. The molecule has 2 aromatic rings. The van der Waals surface area contributed by atoms with Crippen molar-refractivity contribution in [3.63, 3.8) is 0 Å². The van der Waals surface area contributed by atoms with E-state index in [-0.39, 0.29) is 17.4 Å². The second-order valence-electron chi connectivity index (χ2n) is 6.32. The van der Waals surface area contributed by atoms with E-state index in [9.17, 15) is 4.79 Å². The van der Waals surface area contributed by atoms with E-state index in [0.717, 1.165) is 23.3 Å². The average molecular weight is 377 g/mol.